The maximum absolute atomic E-state index is 12.4. The molecule has 2 aromatic rings. The van der Waals surface area contributed by atoms with Crippen LogP contribution in [0.4, 0.5) is 0 Å². The van der Waals surface area contributed by atoms with Crippen LogP contribution in [0.15, 0.2) is 60.7 Å². The molecule has 0 saturated carbocycles. The number of esters is 1. The zero-order chi connectivity index (χ0) is 27.5. The average Bonchev–Trinajstić information content (AvgIpc) is 2.95. The van der Waals surface area contributed by atoms with Crippen LogP contribution in [0, 0.1) is 5.92 Å². The number of carbonyl (C=O) groups is 1. The number of ether oxygens (including phenoxy) is 2. The zero-order valence-corrected chi connectivity index (χ0v) is 24.3. The Morgan fingerprint density at radius 2 is 1.54 bits per heavy atom. The molecule has 1 unspecified atom stereocenters. The van der Waals surface area contributed by atoms with Gasteiger partial charge < -0.3 is 19.3 Å². The van der Waals surface area contributed by atoms with Gasteiger partial charge in [-0.15, -0.1) is 0 Å². The summed E-state index contributed by atoms with van der Waals surface area (Å²) >= 11 is 0. The predicted molar refractivity (Wildman–Crippen MR) is 157 cm³/mol. The summed E-state index contributed by atoms with van der Waals surface area (Å²) in [6.45, 7) is 9.09. The number of hydrogen-bond acceptors (Lipinski definition) is 6. The van der Waals surface area contributed by atoms with Crippen molar-refractivity contribution in [1.29, 1.82) is 0 Å². The molecule has 2 heterocycles. The fourth-order valence-electron chi connectivity index (χ4n) is 6.10. The van der Waals surface area contributed by atoms with Gasteiger partial charge >= 0.3 is 5.97 Å². The lowest BCUT2D eigenvalue weighted by molar-refractivity contribution is -0.154. The van der Waals surface area contributed by atoms with E-state index in [9.17, 15) is 4.79 Å². The first-order chi connectivity index (χ1) is 19.0. The molecule has 6 heteroatoms. The highest BCUT2D eigenvalue weighted by Gasteiger charge is 2.33. The first-order valence-corrected chi connectivity index (χ1v) is 15.0. The van der Waals surface area contributed by atoms with E-state index in [4.69, 9.17) is 9.47 Å². The van der Waals surface area contributed by atoms with Crippen molar-refractivity contribution >= 4 is 5.97 Å². The van der Waals surface area contributed by atoms with Crippen molar-refractivity contribution in [2.75, 3.05) is 46.9 Å². The van der Waals surface area contributed by atoms with Crippen LogP contribution in [0.1, 0.15) is 56.6 Å². The third kappa shape index (κ3) is 9.42. The van der Waals surface area contributed by atoms with Gasteiger partial charge in [0.15, 0.2) is 0 Å². The summed E-state index contributed by atoms with van der Waals surface area (Å²) in [6.07, 6.45) is 6.02. The Bertz CT molecular complexity index is 931. The molecule has 2 fully saturated rings. The van der Waals surface area contributed by atoms with Gasteiger partial charge in [-0.25, -0.2) is 0 Å². The Morgan fingerprint density at radius 1 is 0.872 bits per heavy atom. The maximum atomic E-state index is 12.4. The molecule has 0 N–H and O–H groups in total. The van der Waals surface area contributed by atoms with Gasteiger partial charge in [-0.2, -0.15) is 0 Å². The smallest absolute Gasteiger partial charge is 0.306 e. The normalized spacial score (nSPS) is 24.6. The highest BCUT2D eigenvalue weighted by Crippen LogP contribution is 2.24. The number of benzene rings is 2. The Hall–Kier alpha value is -2.25. The number of carbonyl (C=O) groups excluding carboxylic acids is 1. The predicted octanol–water partition coefficient (Wildman–Crippen LogP) is 5.22. The molecule has 2 aliphatic heterocycles. The van der Waals surface area contributed by atoms with Gasteiger partial charge in [0, 0.05) is 45.8 Å². The number of unbranched alkanes of at least 4 members (excludes halogenated alkanes) is 2. The van der Waals surface area contributed by atoms with Gasteiger partial charge in [0.25, 0.3) is 0 Å². The fourth-order valence-corrected chi connectivity index (χ4v) is 6.10. The van der Waals surface area contributed by atoms with Gasteiger partial charge in [0.2, 0.25) is 0 Å². The van der Waals surface area contributed by atoms with E-state index in [0.29, 0.717) is 18.4 Å². The number of hydrogen-bond donors (Lipinski definition) is 0. The van der Waals surface area contributed by atoms with Gasteiger partial charge in [0.05, 0.1) is 6.10 Å². The van der Waals surface area contributed by atoms with E-state index in [1.165, 1.54) is 11.1 Å². The van der Waals surface area contributed by atoms with Crippen molar-refractivity contribution < 1.29 is 14.3 Å². The molecule has 0 spiro atoms. The second-order valence-corrected chi connectivity index (χ2v) is 11.7. The molecule has 6 nitrogen and oxygen atoms in total. The second kappa shape index (κ2) is 15.5. The van der Waals surface area contributed by atoms with E-state index >= 15 is 0 Å². The third-order valence-corrected chi connectivity index (χ3v) is 8.57. The van der Waals surface area contributed by atoms with Crippen molar-refractivity contribution in [2.45, 2.75) is 76.8 Å². The SMILES string of the molecule is CO[C@H]1CN(CCCCCC(=O)O[C@H]2CN(C)CCC2C)CC[C@H]1N(Cc1ccccc1)Cc1ccccc1. The van der Waals surface area contributed by atoms with Gasteiger partial charge in [-0.1, -0.05) is 74.0 Å². The number of nitrogens with zero attached hydrogens (tertiary/aromatic N) is 3. The molecule has 0 radical (unpaired) electrons. The topological polar surface area (TPSA) is 45.2 Å². The lowest BCUT2D eigenvalue weighted by Crippen LogP contribution is -2.54. The number of piperidine rings is 2. The first-order valence-electron chi connectivity index (χ1n) is 15.0. The molecule has 0 amide bonds. The summed E-state index contributed by atoms with van der Waals surface area (Å²) in [5.41, 5.74) is 2.68. The number of rotatable bonds is 13. The van der Waals surface area contributed by atoms with Crippen LogP contribution < -0.4 is 0 Å². The summed E-state index contributed by atoms with van der Waals surface area (Å²) in [4.78, 5) is 19.8. The quantitative estimate of drug-likeness (QED) is 0.259. The molecule has 2 aliphatic rings. The molecule has 4 rings (SSSR count). The molecule has 0 aliphatic carbocycles. The molecular weight excluding hydrogens is 486 g/mol. The van der Waals surface area contributed by atoms with Crippen LogP contribution in [-0.2, 0) is 27.4 Å². The van der Waals surface area contributed by atoms with Crippen LogP contribution >= 0.6 is 0 Å². The average molecular weight is 536 g/mol. The Labute approximate surface area is 236 Å². The van der Waals surface area contributed by atoms with Crippen molar-refractivity contribution in [3.8, 4) is 0 Å². The number of likely N-dealkylation sites (N-methyl/N-ethyl adjacent to an activating group) is 1. The van der Waals surface area contributed by atoms with E-state index in [1.807, 2.05) is 7.11 Å². The van der Waals surface area contributed by atoms with E-state index in [1.54, 1.807) is 0 Å². The minimum atomic E-state index is -0.0284. The number of methoxy groups -OCH3 is 1. The first kappa shape index (κ1) is 29.7. The second-order valence-electron chi connectivity index (χ2n) is 11.7. The van der Waals surface area contributed by atoms with Crippen LogP contribution in [0.5, 0.6) is 0 Å². The molecule has 0 bridgehead atoms. The van der Waals surface area contributed by atoms with Crippen LogP contribution in [-0.4, -0.2) is 85.8 Å². The standard InChI is InChI=1S/C33H49N3O3/c1-27-18-21-34(2)25-31(27)39-33(37)17-11-6-12-20-35-22-19-30(32(26-35)38-3)36(23-28-13-7-4-8-14-28)24-29-15-9-5-10-16-29/h4-5,7-10,13-16,27,30-32H,6,11-12,17-26H2,1-3H3/t27?,30-,31+,32+/m1/s1. The molecule has 2 saturated heterocycles. The molecule has 0 aromatic heterocycles. The molecule has 2 aromatic carbocycles. The van der Waals surface area contributed by atoms with Gasteiger partial charge in [-0.3, -0.25) is 9.69 Å². The Kier molecular flexibility index (Phi) is 11.8. The zero-order valence-electron chi connectivity index (χ0n) is 24.3. The van der Waals surface area contributed by atoms with Gasteiger partial charge in [0.1, 0.15) is 6.10 Å². The van der Waals surface area contributed by atoms with Crippen molar-refractivity contribution in [3.63, 3.8) is 0 Å². The Morgan fingerprint density at radius 3 is 2.18 bits per heavy atom. The van der Waals surface area contributed by atoms with Gasteiger partial charge in [-0.05, 0) is 69.4 Å². The van der Waals surface area contributed by atoms with E-state index in [2.05, 4.69) is 89.3 Å². The summed E-state index contributed by atoms with van der Waals surface area (Å²) < 4.78 is 11.9. The largest absolute Gasteiger partial charge is 0.461 e. The summed E-state index contributed by atoms with van der Waals surface area (Å²) in [7, 11) is 3.97. The fraction of sp³-hybridized carbons (Fsp3) is 0.606. The molecule has 214 valence electrons. The monoisotopic (exact) mass is 535 g/mol. The van der Waals surface area contributed by atoms with E-state index < -0.39 is 0 Å². The summed E-state index contributed by atoms with van der Waals surface area (Å²) in [6, 6.07) is 21.9. The maximum Gasteiger partial charge on any atom is 0.306 e. The van der Waals surface area contributed by atoms with Crippen molar-refractivity contribution in [3.05, 3.63) is 71.8 Å². The minimum absolute atomic E-state index is 0.0284. The van der Waals surface area contributed by atoms with Crippen molar-refractivity contribution in [2.24, 2.45) is 5.92 Å². The van der Waals surface area contributed by atoms with E-state index in [0.717, 1.165) is 77.9 Å². The van der Waals surface area contributed by atoms with E-state index in [-0.39, 0.29) is 18.2 Å². The minimum Gasteiger partial charge on any atom is -0.461 e. The molecule has 4 atom stereocenters. The highest BCUT2D eigenvalue weighted by atomic mass is 16.5. The number of likely N-dealkylation sites (tertiary alicyclic amines) is 2. The summed E-state index contributed by atoms with van der Waals surface area (Å²) in [5.74, 6) is 0.428. The molecule has 39 heavy (non-hydrogen) atoms. The lowest BCUT2D eigenvalue weighted by atomic mass is 9.96. The van der Waals surface area contributed by atoms with Crippen LogP contribution in [0.25, 0.3) is 0 Å². The summed E-state index contributed by atoms with van der Waals surface area (Å²) in [5, 5.41) is 0. The lowest BCUT2D eigenvalue weighted by Gasteiger charge is -2.43. The highest BCUT2D eigenvalue weighted by molar-refractivity contribution is 5.69. The Balaban J connectivity index is 1.22. The van der Waals surface area contributed by atoms with Crippen LogP contribution in [0.2, 0.25) is 0 Å². The van der Waals surface area contributed by atoms with Crippen molar-refractivity contribution in [1.82, 2.24) is 14.7 Å². The molecular formula is C33H49N3O3. The third-order valence-electron chi connectivity index (χ3n) is 8.57. The van der Waals surface area contributed by atoms with Crippen LogP contribution in [0.3, 0.4) is 0 Å².